The Morgan fingerprint density at radius 1 is 0.774 bits per heavy atom. The quantitative estimate of drug-likeness (QED) is 0.146. The monoisotopic (exact) mass is 720 g/mol. The fourth-order valence-electron chi connectivity index (χ4n) is 13.1. The lowest BCUT2D eigenvalue weighted by Crippen LogP contribution is -2.79. The number of likely N-dealkylation sites (tertiary alicyclic amines) is 2. The summed E-state index contributed by atoms with van der Waals surface area (Å²) in [5.74, 6) is 2.81. The molecule has 1 unspecified atom stereocenters. The van der Waals surface area contributed by atoms with E-state index in [1.165, 1.54) is 18.4 Å². The van der Waals surface area contributed by atoms with E-state index < -0.39 is 22.0 Å². The third-order valence-electron chi connectivity index (χ3n) is 15.7. The van der Waals surface area contributed by atoms with Crippen molar-refractivity contribution < 1.29 is 34.5 Å². The smallest absolute Gasteiger partial charge is 0.166 e. The summed E-state index contributed by atoms with van der Waals surface area (Å²) in [5.41, 5.74) is 3.51. The molecule has 4 aliphatic heterocycles. The van der Waals surface area contributed by atoms with Crippen LogP contribution in [-0.2, 0) is 23.7 Å². The van der Waals surface area contributed by atoms with E-state index in [2.05, 4.69) is 30.9 Å². The summed E-state index contributed by atoms with van der Waals surface area (Å²) in [6.07, 6.45) is 18.2. The summed E-state index contributed by atoms with van der Waals surface area (Å²) >= 11 is 0. The lowest BCUT2D eigenvalue weighted by molar-refractivity contribution is -0.924. The van der Waals surface area contributed by atoms with Crippen LogP contribution in [0, 0.1) is 29.9 Å². The number of terminal acetylenes is 1. The van der Waals surface area contributed by atoms with Crippen molar-refractivity contribution in [3.63, 3.8) is 0 Å². The zero-order valence-corrected chi connectivity index (χ0v) is 30.6. The second kappa shape index (κ2) is 11.0. The maximum atomic E-state index is 13.9. The van der Waals surface area contributed by atoms with Gasteiger partial charge in [0, 0.05) is 42.5 Å². The lowest BCUT2D eigenvalue weighted by atomic mass is 9.48. The molecule has 2 spiro atoms. The molecule has 4 heterocycles. The molecule has 4 saturated carbocycles. The zero-order chi connectivity index (χ0) is 36.9. The number of benzene rings is 2. The van der Waals surface area contributed by atoms with Crippen LogP contribution < -0.4 is 9.47 Å². The molecule has 9 heteroatoms. The van der Waals surface area contributed by atoms with Crippen LogP contribution in [0.2, 0.25) is 0 Å². The van der Waals surface area contributed by atoms with E-state index in [0.717, 1.165) is 85.4 Å². The number of hydrogen-bond donors (Lipinski definition) is 4. The van der Waals surface area contributed by atoms with Gasteiger partial charge in [-0.3, -0.25) is 4.90 Å². The van der Waals surface area contributed by atoms with Gasteiger partial charge in [-0.2, -0.15) is 0 Å². The molecule has 0 aromatic heterocycles. The fourth-order valence-corrected chi connectivity index (χ4v) is 13.1. The maximum absolute atomic E-state index is 13.9. The van der Waals surface area contributed by atoms with Crippen molar-refractivity contribution in [3.05, 3.63) is 76.0 Å². The predicted molar refractivity (Wildman–Crippen MR) is 200 cm³/mol. The summed E-state index contributed by atoms with van der Waals surface area (Å²) < 4.78 is 12.3. The van der Waals surface area contributed by atoms with Crippen LogP contribution in [0.15, 0.2) is 48.6 Å². The Hall–Kier alpha value is -3.52. The minimum absolute atomic E-state index is 0.132. The standard InChI is InChI=1S/C21H25NO4.C21H25NO3.C2H2/c1-12-6-7-21(24)16-10-14-4-5-15(23)18-17(14)20(21,19(12)26-18)8-9-22(16,25)11-13-2-3-13;1-12-6-7-21(24)16-10-14-4-5-15(23)18-17(14)20(21,19(12)25-18)8-9-22(16)11-13-2-3-13;1-2/h4-5,13,16,19,23-24H,1-3,6-11H2;4-5,13,16,19,23-24H,1-3,6-11H2;1-2H/t16-,19+,20+,21-,22?;16-,19+,20+,21-;/m11./s1. The molecule has 10 aliphatic rings. The summed E-state index contributed by atoms with van der Waals surface area (Å²) in [6, 6.07) is 7.22. The van der Waals surface area contributed by atoms with Crippen LogP contribution in [0.3, 0.4) is 0 Å². The first-order valence-corrected chi connectivity index (χ1v) is 19.9. The van der Waals surface area contributed by atoms with Crippen molar-refractivity contribution in [3.8, 4) is 35.8 Å². The topological polar surface area (TPSA) is 126 Å². The minimum Gasteiger partial charge on any atom is -0.632 e. The van der Waals surface area contributed by atoms with Crippen molar-refractivity contribution >= 4 is 0 Å². The van der Waals surface area contributed by atoms with Crippen LogP contribution in [-0.4, -0.2) is 91.6 Å². The molecule has 4 bridgehead atoms. The number of hydroxylamine groups is 3. The van der Waals surface area contributed by atoms with Crippen molar-refractivity contribution in [1.29, 1.82) is 0 Å². The molecular weight excluding hydrogens is 668 g/mol. The summed E-state index contributed by atoms with van der Waals surface area (Å²) in [4.78, 5) is 2.56. The number of aliphatic hydroxyl groups is 2. The first kappa shape index (κ1) is 34.0. The summed E-state index contributed by atoms with van der Waals surface area (Å²) in [6.45, 7) is 11.8. The number of aromatic hydroxyl groups is 2. The van der Waals surface area contributed by atoms with E-state index in [-0.39, 0.29) is 40.4 Å². The Kier molecular flexibility index (Phi) is 7.09. The maximum Gasteiger partial charge on any atom is 0.166 e. The normalized spacial score (nSPS) is 41.8. The SMILES string of the molecule is C#C.C=C1CC[C@@]2(O)[C@H]3Cc4ccc(O)c5c4[C@@]2(CCN3CC2CC2)[C@H]1O5.C=C1CC[C@@]2(O)[C@H]3Cc4ccc(O)c5c4[C@@]2(CC[N+]3([O-])CC2CC2)[C@H]1O5. The first-order chi connectivity index (χ1) is 25.4. The Morgan fingerprint density at radius 3 is 1.91 bits per heavy atom. The van der Waals surface area contributed by atoms with E-state index in [9.17, 15) is 25.6 Å². The molecule has 0 radical (unpaired) electrons. The van der Waals surface area contributed by atoms with Gasteiger partial charge in [0.25, 0.3) is 0 Å². The Morgan fingerprint density at radius 2 is 1.32 bits per heavy atom. The second-order valence-electron chi connectivity index (χ2n) is 18.2. The number of piperidine rings is 2. The highest BCUT2D eigenvalue weighted by atomic mass is 16.6. The minimum atomic E-state index is -1.08. The van der Waals surface area contributed by atoms with Crippen LogP contribution in [0.5, 0.6) is 23.0 Å². The molecule has 2 aromatic rings. The van der Waals surface area contributed by atoms with E-state index in [1.54, 1.807) is 12.1 Å². The van der Waals surface area contributed by atoms with E-state index in [4.69, 9.17) is 9.47 Å². The molecular formula is C44H52N2O7. The third-order valence-corrected chi connectivity index (χ3v) is 15.7. The van der Waals surface area contributed by atoms with Gasteiger partial charge in [-0.1, -0.05) is 25.3 Å². The van der Waals surface area contributed by atoms with Gasteiger partial charge in [0.2, 0.25) is 0 Å². The van der Waals surface area contributed by atoms with E-state index >= 15 is 0 Å². The van der Waals surface area contributed by atoms with Gasteiger partial charge >= 0.3 is 0 Å². The largest absolute Gasteiger partial charge is 0.632 e. The Bertz CT molecular complexity index is 1970. The van der Waals surface area contributed by atoms with Crippen molar-refractivity contribution in [2.45, 2.75) is 123 Å². The Labute approximate surface area is 312 Å². The molecule has 4 N–H and O–H groups in total. The lowest BCUT2D eigenvalue weighted by Gasteiger charge is -2.67. The molecule has 6 fully saturated rings. The van der Waals surface area contributed by atoms with Crippen molar-refractivity contribution in [2.75, 3.05) is 26.2 Å². The number of nitrogens with zero attached hydrogens (tertiary/aromatic N) is 2. The predicted octanol–water partition coefficient (Wildman–Crippen LogP) is 5.29. The van der Waals surface area contributed by atoms with Gasteiger partial charge in [-0.15, -0.1) is 12.8 Å². The zero-order valence-electron chi connectivity index (χ0n) is 30.6. The second-order valence-corrected chi connectivity index (χ2v) is 18.2. The van der Waals surface area contributed by atoms with Crippen LogP contribution in [0.1, 0.15) is 86.5 Å². The molecule has 0 amide bonds. The van der Waals surface area contributed by atoms with Crippen LogP contribution in [0.25, 0.3) is 0 Å². The molecule has 9 nitrogen and oxygen atoms in total. The average Bonchev–Trinajstić information content (AvgIpc) is 4.07. The van der Waals surface area contributed by atoms with Gasteiger partial charge in [-0.25, -0.2) is 0 Å². The highest BCUT2D eigenvalue weighted by Gasteiger charge is 2.75. The van der Waals surface area contributed by atoms with E-state index in [0.29, 0.717) is 56.2 Å². The third kappa shape index (κ3) is 4.17. The average molecular weight is 721 g/mol. The van der Waals surface area contributed by atoms with E-state index in [1.807, 2.05) is 12.1 Å². The van der Waals surface area contributed by atoms with Crippen LogP contribution in [0.4, 0.5) is 0 Å². The number of ether oxygens (including phenoxy) is 2. The molecule has 280 valence electrons. The first-order valence-electron chi connectivity index (χ1n) is 19.9. The number of quaternary nitrogens is 1. The number of phenols is 2. The van der Waals surface area contributed by atoms with Gasteiger partial charge in [0.1, 0.15) is 23.9 Å². The van der Waals surface area contributed by atoms with Crippen LogP contribution >= 0.6 is 0 Å². The highest BCUT2D eigenvalue weighted by molar-refractivity contribution is 5.65. The van der Waals surface area contributed by atoms with Gasteiger partial charge in [-0.05, 0) is 111 Å². The van der Waals surface area contributed by atoms with Gasteiger partial charge in [0.05, 0.1) is 29.5 Å². The summed E-state index contributed by atoms with van der Waals surface area (Å²) in [5, 5.41) is 58.9. The molecule has 2 saturated heterocycles. The highest BCUT2D eigenvalue weighted by Crippen LogP contribution is 2.68. The number of rotatable bonds is 4. The number of phenolic OH excluding ortho intramolecular Hbond substituents is 2. The molecule has 6 aliphatic carbocycles. The Balaban J connectivity index is 0.000000126. The van der Waals surface area contributed by atoms with Crippen molar-refractivity contribution in [2.24, 2.45) is 11.8 Å². The molecule has 12 rings (SSSR count). The van der Waals surface area contributed by atoms with Gasteiger partial charge < -0.3 is 39.8 Å². The number of hydrogen-bond acceptors (Lipinski definition) is 8. The fraction of sp³-hybridized carbons (Fsp3) is 0.591. The van der Waals surface area contributed by atoms with Gasteiger partial charge in [0.15, 0.2) is 23.0 Å². The summed E-state index contributed by atoms with van der Waals surface area (Å²) in [7, 11) is 0. The van der Waals surface area contributed by atoms with Crippen molar-refractivity contribution in [1.82, 2.24) is 4.90 Å². The molecule has 53 heavy (non-hydrogen) atoms. The molecule has 9 atom stereocenters. The molecule has 2 aromatic carbocycles.